The number of benzene rings is 2. The fourth-order valence-electron chi connectivity index (χ4n) is 4.30. The highest BCUT2D eigenvalue weighted by Crippen LogP contribution is 2.31. The lowest BCUT2D eigenvalue weighted by Crippen LogP contribution is -2.40. The third kappa shape index (κ3) is 6.54. The molecule has 0 aliphatic carbocycles. The number of aromatic amines is 1. The van der Waals surface area contributed by atoms with E-state index >= 15 is 0 Å². The van der Waals surface area contributed by atoms with Crippen LogP contribution in [0.1, 0.15) is 17.5 Å². The van der Waals surface area contributed by atoms with E-state index in [1.165, 1.54) is 5.56 Å². The lowest BCUT2D eigenvalue weighted by molar-refractivity contribution is 0.0367. The summed E-state index contributed by atoms with van der Waals surface area (Å²) in [5, 5.41) is 4.80. The molecule has 0 atom stereocenters. The minimum absolute atomic E-state index is 0.147. The average molecular weight is 511 g/mol. The normalized spacial score (nSPS) is 14.0. The second kappa shape index (κ2) is 12.2. The van der Waals surface area contributed by atoms with Gasteiger partial charge in [0.25, 0.3) is 5.56 Å². The molecule has 2 heterocycles. The Morgan fingerprint density at radius 2 is 1.81 bits per heavy atom. The summed E-state index contributed by atoms with van der Waals surface area (Å²) in [6.45, 7) is 7.56. The maximum Gasteiger partial charge on any atom is 0.253 e. The lowest BCUT2D eigenvalue weighted by Gasteiger charge is -2.29. The first-order valence-electron chi connectivity index (χ1n) is 12.2. The molecule has 9 heteroatoms. The van der Waals surface area contributed by atoms with E-state index in [1.54, 1.807) is 20.3 Å². The Balaban J connectivity index is 1.55. The van der Waals surface area contributed by atoms with Crippen LogP contribution in [-0.2, 0) is 11.3 Å². The van der Waals surface area contributed by atoms with Crippen molar-refractivity contribution in [2.75, 3.05) is 58.9 Å². The summed E-state index contributed by atoms with van der Waals surface area (Å²) in [6.07, 6.45) is 0.923. The number of fused-ring (bicyclic) bond motifs is 1. The van der Waals surface area contributed by atoms with Crippen molar-refractivity contribution in [2.45, 2.75) is 19.9 Å². The molecule has 4 rings (SSSR count). The molecule has 1 fully saturated rings. The van der Waals surface area contributed by atoms with E-state index in [0.29, 0.717) is 34.2 Å². The Morgan fingerprint density at radius 1 is 1.11 bits per heavy atom. The van der Waals surface area contributed by atoms with Crippen LogP contribution in [0.3, 0.4) is 0 Å². The van der Waals surface area contributed by atoms with E-state index in [2.05, 4.69) is 27.0 Å². The number of methoxy groups -OCH3 is 2. The summed E-state index contributed by atoms with van der Waals surface area (Å²) in [5.41, 5.74) is 3.29. The number of thiocarbonyl (C=S) groups is 1. The molecule has 0 bridgehead atoms. The SMILES string of the molecule is COc1cc2cc(CN(CCCN3CCOCC3)C(=S)Nc3ccc(C)cc3)c(=O)[nH]c2cc1OC. The second-order valence-corrected chi connectivity index (χ2v) is 9.33. The summed E-state index contributed by atoms with van der Waals surface area (Å²) >= 11 is 5.80. The molecule has 192 valence electrons. The Morgan fingerprint density at radius 3 is 2.50 bits per heavy atom. The van der Waals surface area contributed by atoms with E-state index in [4.69, 9.17) is 26.4 Å². The zero-order chi connectivity index (χ0) is 25.5. The monoisotopic (exact) mass is 510 g/mol. The van der Waals surface area contributed by atoms with Crippen LogP contribution in [0.2, 0.25) is 0 Å². The summed E-state index contributed by atoms with van der Waals surface area (Å²) in [5.74, 6) is 1.18. The number of anilines is 1. The lowest BCUT2D eigenvalue weighted by atomic mass is 10.1. The largest absolute Gasteiger partial charge is 0.493 e. The number of nitrogens with one attached hydrogen (secondary N) is 2. The van der Waals surface area contributed by atoms with E-state index in [1.807, 2.05) is 36.4 Å². The van der Waals surface area contributed by atoms with Gasteiger partial charge in [0.2, 0.25) is 0 Å². The number of hydrogen-bond donors (Lipinski definition) is 2. The third-order valence-corrected chi connectivity index (χ3v) is 6.74. The van der Waals surface area contributed by atoms with Crippen LogP contribution in [0.15, 0.2) is 47.3 Å². The van der Waals surface area contributed by atoms with Crippen molar-refractivity contribution in [3.63, 3.8) is 0 Å². The third-order valence-electron chi connectivity index (χ3n) is 6.38. The van der Waals surface area contributed by atoms with Gasteiger partial charge in [0.1, 0.15) is 0 Å². The number of ether oxygens (including phenoxy) is 3. The molecule has 1 aromatic heterocycles. The summed E-state index contributed by atoms with van der Waals surface area (Å²) in [6, 6.07) is 13.7. The van der Waals surface area contributed by atoms with Gasteiger partial charge in [-0.25, -0.2) is 0 Å². The topological polar surface area (TPSA) is 79.1 Å². The van der Waals surface area contributed by atoms with E-state index in [9.17, 15) is 4.79 Å². The van der Waals surface area contributed by atoms with Crippen LogP contribution in [-0.4, -0.2) is 73.5 Å². The second-order valence-electron chi connectivity index (χ2n) is 8.94. The molecule has 1 saturated heterocycles. The van der Waals surface area contributed by atoms with Gasteiger partial charge in [-0.3, -0.25) is 9.69 Å². The van der Waals surface area contributed by atoms with Crippen LogP contribution in [0, 0.1) is 6.92 Å². The van der Waals surface area contributed by atoms with E-state index in [0.717, 1.165) is 56.9 Å². The van der Waals surface area contributed by atoms with Crippen molar-refractivity contribution >= 4 is 33.9 Å². The molecule has 2 aromatic carbocycles. The Bertz CT molecular complexity index is 1240. The van der Waals surface area contributed by atoms with E-state index < -0.39 is 0 Å². The quantitative estimate of drug-likeness (QED) is 0.421. The number of aryl methyl sites for hydroxylation is 1. The first-order chi connectivity index (χ1) is 17.5. The molecule has 36 heavy (non-hydrogen) atoms. The van der Waals surface area contributed by atoms with Gasteiger partial charge in [-0.2, -0.15) is 0 Å². The molecule has 8 nitrogen and oxygen atoms in total. The van der Waals surface area contributed by atoms with Crippen molar-refractivity contribution < 1.29 is 14.2 Å². The van der Waals surface area contributed by atoms with Gasteiger partial charge in [-0.1, -0.05) is 17.7 Å². The molecule has 0 unspecified atom stereocenters. The molecular formula is C27H34N4O4S. The molecule has 0 saturated carbocycles. The highest BCUT2D eigenvalue weighted by molar-refractivity contribution is 7.80. The minimum Gasteiger partial charge on any atom is -0.493 e. The Hall–Kier alpha value is -3.14. The smallest absolute Gasteiger partial charge is 0.253 e. The molecule has 1 aliphatic rings. The molecule has 3 aromatic rings. The molecule has 0 spiro atoms. The van der Waals surface area contributed by atoms with Gasteiger partial charge < -0.3 is 29.4 Å². The first kappa shape index (κ1) is 25.9. The van der Waals surface area contributed by atoms with Gasteiger partial charge in [0.15, 0.2) is 16.6 Å². The zero-order valence-electron chi connectivity index (χ0n) is 21.1. The highest BCUT2D eigenvalue weighted by Gasteiger charge is 2.16. The zero-order valence-corrected chi connectivity index (χ0v) is 22.0. The van der Waals surface area contributed by atoms with Crippen LogP contribution >= 0.6 is 12.2 Å². The molecule has 1 aliphatic heterocycles. The Kier molecular flexibility index (Phi) is 8.79. The van der Waals surface area contributed by atoms with Crippen LogP contribution in [0.4, 0.5) is 5.69 Å². The van der Waals surface area contributed by atoms with Crippen molar-refractivity contribution in [2.24, 2.45) is 0 Å². The summed E-state index contributed by atoms with van der Waals surface area (Å²) < 4.78 is 16.3. The molecule has 0 radical (unpaired) electrons. The van der Waals surface area contributed by atoms with Crippen molar-refractivity contribution in [1.29, 1.82) is 0 Å². The summed E-state index contributed by atoms with van der Waals surface area (Å²) in [4.78, 5) is 20.5. The van der Waals surface area contributed by atoms with Gasteiger partial charge >= 0.3 is 0 Å². The fraction of sp³-hybridized carbons (Fsp3) is 0.407. The highest BCUT2D eigenvalue weighted by atomic mass is 32.1. The van der Waals surface area contributed by atoms with E-state index in [-0.39, 0.29) is 5.56 Å². The first-order valence-corrected chi connectivity index (χ1v) is 12.6. The predicted octanol–water partition coefficient (Wildman–Crippen LogP) is 3.78. The van der Waals surface area contributed by atoms with Gasteiger partial charge in [-0.15, -0.1) is 0 Å². The van der Waals surface area contributed by atoms with Gasteiger partial charge in [0, 0.05) is 48.9 Å². The number of aromatic nitrogens is 1. The molecule has 0 amide bonds. The Labute approximate surface area is 217 Å². The number of rotatable bonds is 9. The predicted molar refractivity (Wildman–Crippen MR) is 147 cm³/mol. The molecule has 2 N–H and O–H groups in total. The summed E-state index contributed by atoms with van der Waals surface area (Å²) in [7, 11) is 3.18. The van der Waals surface area contributed by atoms with Crippen LogP contribution in [0.25, 0.3) is 10.9 Å². The maximum atomic E-state index is 13.0. The van der Waals surface area contributed by atoms with Crippen LogP contribution < -0.4 is 20.3 Å². The fourth-order valence-corrected chi connectivity index (χ4v) is 4.58. The van der Waals surface area contributed by atoms with Crippen molar-refractivity contribution in [3.8, 4) is 11.5 Å². The van der Waals surface area contributed by atoms with Crippen LogP contribution in [0.5, 0.6) is 11.5 Å². The van der Waals surface area contributed by atoms with Crippen molar-refractivity contribution in [3.05, 3.63) is 63.9 Å². The van der Waals surface area contributed by atoms with Gasteiger partial charge in [0.05, 0.1) is 39.5 Å². The number of H-pyrrole nitrogens is 1. The number of nitrogens with zero attached hydrogens (tertiary/aromatic N) is 2. The number of hydrogen-bond acceptors (Lipinski definition) is 6. The number of pyridine rings is 1. The maximum absolute atomic E-state index is 13.0. The molecular weight excluding hydrogens is 476 g/mol. The number of morpholine rings is 1. The standard InChI is InChI=1S/C27H34N4O4S/c1-19-5-7-22(8-6-19)28-27(36)31(10-4-9-30-11-13-35-14-12-30)18-21-15-20-16-24(33-2)25(34-3)17-23(20)29-26(21)32/h5-8,15-17H,4,9-14,18H2,1-3H3,(H,28,36)(H,29,32). The van der Waals surface area contributed by atoms with Crippen molar-refractivity contribution in [1.82, 2.24) is 14.8 Å². The minimum atomic E-state index is -0.147. The van der Waals surface area contributed by atoms with Gasteiger partial charge in [-0.05, 0) is 49.8 Å². The average Bonchev–Trinajstić information content (AvgIpc) is 2.89.